The number of carbonyl (C=O) groups excluding carboxylic acids is 2. The van der Waals surface area contributed by atoms with E-state index in [4.69, 9.17) is 9.47 Å². The lowest BCUT2D eigenvalue weighted by Gasteiger charge is -2.36. The fourth-order valence-electron chi connectivity index (χ4n) is 4.07. The van der Waals surface area contributed by atoms with Gasteiger partial charge < -0.3 is 25.0 Å². The van der Waals surface area contributed by atoms with E-state index in [-0.39, 0.29) is 29.4 Å². The number of aromatic hydroxyl groups is 1. The van der Waals surface area contributed by atoms with Gasteiger partial charge >= 0.3 is 5.97 Å². The highest BCUT2D eigenvalue weighted by Gasteiger charge is 2.34. The van der Waals surface area contributed by atoms with Crippen molar-refractivity contribution in [2.75, 3.05) is 0 Å². The van der Waals surface area contributed by atoms with Gasteiger partial charge in [0.1, 0.15) is 17.4 Å². The van der Waals surface area contributed by atoms with Gasteiger partial charge in [0.2, 0.25) is 5.91 Å². The average Bonchev–Trinajstić information content (AvgIpc) is 2.73. The van der Waals surface area contributed by atoms with Crippen molar-refractivity contribution in [3.8, 4) is 5.75 Å². The van der Waals surface area contributed by atoms with E-state index >= 15 is 0 Å². The zero-order chi connectivity index (χ0) is 22.9. The first kappa shape index (κ1) is 23.8. The largest absolute Gasteiger partial charge is 0.507 e. The van der Waals surface area contributed by atoms with Crippen molar-refractivity contribution in [2.45, 2.75) is 69.9 Å². The van der Waals surface area contributed by atoms with Crippen molar-refractivity contribution in [2.24, 2.45) is 0 Å². The number of phenols is 1. The van der Waals surface area contributed by atoms with E-state index in [2.05, 4.69) is 5.32 Å². The van der Waals surface area contributed by atoms with Crippen LogP contribution in [0.15, 0.2) is 54.8 Å². The molecule has 2 heterocycles. The Balaban J connectivity index is 1.70. The van der Waals surface area contributed by atoms with Gasteiger partial charge in [0, 0.05) is 25.1 Å². The highest BCUT2D eigenvalue weighted by atomic mass is 16.5. The molecule has 3 N–H and O–H groups in total. The van der Waals surface area contributed by atoms with Crippen LogP contribution < -0.4 is 5.32 Å². The van der Waals surface area contributed by atoms with Crippen LogP contribution in [0, 0.1) is 0 Å². The number of esters is 1. The van der Waals surface area contributed by atoms with Gasteiger partial charge in [0.15, 0.2) is 0 Å². The van der Waals surface area contributed by atoms with E-state index in [0.717, 1.165) is 6.42 Å². The van der Waals surface area contributed by atoms with Crippen LogP contribution in [-0.4, -0.2) is 46.5 Å². The van der Waals surface area contributed by atoms with Crippen LogP contribution in [0.25, 0.3) is 0 Å². The number of benzene rings is 1. The molecule has 0 aromatic heterocycles. The third-order valence-corrected chi connectivity index (χ3v) is 5.51. The maximum absolute atomic E-state index is 12.9. The maximum Gasteiger partial charge on any atom is 0.342 e. The third kappa shape index (κ3) is 6.80. The van der Waals surface area contributed by atoms with Gasteiger partial charge in [-0.05, 0) is 37.3 Å². The molecular formula is C25H31NO6. The van der Waals surface area contributed by atoms with Crippen molar-refractivity contribution in [1.29, 1.82) is 0 Å². The summed E-state index contributed by atoms with van der Waals surface area (Å²) >= 11 is 0. The first-order valence-electron chi connectivity index (χ1n) is 11.1. The first-order chi connectivity index (χ1) is 15.5. The van der Waals surface area contributed by atoms with Gasteiger partial charge in [-0.2, -0.15) is 0 Å². The summed E-state index contributed by atoms with van der Waals surface area (Å²) in [6, 6.07) is 4.91. The topological polar surface area (TPSA) is 105 Å². The molecule has 0 saturated carbocycles. The quantitative estimate of drug-likeness (QED) is 0.355. The number of phenolic OH excluding ortho intramolecular Hbond substituents is 1. The van der Waals surface area contributed by atoms with Gasteiger partial charge in [0.25, 0.3) is 0 Å². The number of nitrogens with one attached hydrogen (secondary N) is 1. The number of ether oxygens (including phenoxy) is 2. The Kier molecular flexibility index (Phi) is 8.64. The predicted molar refractivity (Wildman–Crippen MR) is 120 cm³/mol. The molecular weight excluding hydrogens is 410 g/mol. The van der Waals surface area contributed by atoms with Crippen LogP contribution in [0.4, 0.5) is 0 Å². The monoisotopic (exact) mass is 441 g/mol. The highest BCUT2D eigenvalue weighted by molar-refractivity contribution is 5.94. The summed E-state index contributed by atoms with van der Waals surface area (Å²) in [6.07, 6.45) is 11.7. The number of hydrogen-bond acceptors (Lipinski definition) is 6. The molecule has 3 rings (SSSR count). The Bertz CT molecular complexity index is 890. The van der Waals surface area contributed by atoms with Crippen molar-refractivity contribution in [3.05, 3.63) is 65.9 Å². The van der Waals surface area contributed by atoms with Crippen LogP contribution >= 0.6 is 0 Å². The Labute approximate surface area is 188 Å². The molecule has 2 aliphatic rings. The Morgan fingerprint density at radius 2 is 2.00 bits per heavy atom. The van der Waals surface area contributed by atoms with E-state index in [1.165, 1.54) is 18.3 Å². The van der Waals surface area contributed by atoms with Crippen molar-refractivity contribution in [1.82, 2.24) is 5.32 Å². The number of fused-ring (bicyclic) bond motifs is 3. The number of aliphatic hydroxyl groups is 1. The van der Waals surface area contributed by atoms with E-state index in [1.54, 1.807) is 24.3 Å². The second-order valence-corrected chi connectivity index (χ2v) is 8.13. The molecule has 0 radical (unpaired) electrons. The molecule has 172 valence electrons. The fourth-order valence-corrected chi connectivity index (χ4v) is 4.07. The summed E-state index contributed by atoms with van der Waals surface area (Å²) in [5.41, 5.74) is 0.780. The normalized spacial score (nSPS) is 26.2. The minimum atomic E-state index is -0.577. The van der Waals surface area contributed by atoms with E-state index in [1.807, 2.05) is 19.1 Å². The average molecular weight is 442 g/mol. The van der Waals surface area contributed by atoms with E-state index in [9.17, 15) is 19.8 Å². The molecule has 4 atom stereocenters. The van der Waals surface area contributed by atoms with Gasteiger partial charge in [-0.15, -0.1) is 0 Å². The summed E-state index contributed by atoms with van der Waals surface area (Å²) in [6.45, 7) is 2.01. The lowest BCUT2D eigenvalue weighted by Crippen LogP contribution is -2.40. The SMILES string of the molecule is CC/C=C/C=C\C(=O)N/C=C/CC1C[C@H]2C[C@H](O)C[C@H](Cc3cccc(O)c3C(=O)O1)O2. The van der Waals surface area contributed by atoms with Crippen LogP contribution in [0.3, 0.4) is 0 Å². The summed E-state index contributed by atoms with van der Waals surface area (Å²) in [4.78, 5) is 24.7. The molecule has 2 aliphatic heterocycles. The predicted octanol–water partition coefficient (Wildman–Crippen LogP) is 3.31. The van der Waals surface area contributed by atoms with Crippen LogP contribution in [0.5, 0.6) is 5.75 Å². The van der Waals surface area contributed by atoms with E-state index < -0.39 is 18.2 Å². The Morgan fingerprint density at radius 1 is 1.19 bits per heavy atom. The molecule has 1 aromatic carbocycles. The van der Waals surface area contributed by atoms with Gasteiger partial charge in [-0.25, -0.2) is 4.79 Å². The van der Waals surface area contributed by atoms with E-state index in [0.29, 0.717) is 37.7 Å². The summed E-state index contributed by atoms with van der Waals surface area (Å²) in [7, 11) is 0. The zero-order valence-electron chi connectivity index (χ0n) is 18.3. The van der Waals surface area contributed by atoms with Gasteiger partial charge in [0.05, 0.1) is 18.3 Å². The fraction of sp³-hybridized carbons (Fsp3) is 0.440. The number of allylic oxidation sites excluding steroid dienone is 3. The third-order valence-electron chi connectivity index (χ3n) is 5.51. The Hall–Kier alpha value is -2.90. The molecule has 1 fully saturated rings. The molecule has 0 spiro atoms. The molecule has 7 heteroatoms. The minimum absolute atomic E-state index is 0.133. The number of carbonyl (C=O) groups is 2. The molecule has 32 heavy (non-hydrogen) atoms. The van der Waals surface area contributed by atoms with Crippen LogP contribution in [-0.2, 0) is 20.7 Å². The summed E-state index contributed by atoms with van der Waals surface area (Å²) < 4.78 is 11.9. The molecule has 0 aliphatic carbocycles. The molecule has 1 unspecified atom stereocenters. The lowest BCUT2D eigenvalue weighted by molar-refractivity contribution is -0.115. The number of amides is 1. The number of rotatable bonds is 6. The molecule has 1 amide bonds. The second kappa shape index (κ2) is 11.6. The number of hydrogen-bond donors (Lipinski definition) is 3. The first-order valence-corrected chi connectivity index (χ1v) is 11.1. The second-order valence-electron chi connectivity index (χ2n) is 8.13. The summed E-state index contributed by atoms with van der Waals surface area (Å²) in [5, 5.41) is 23.2. The zero-order valence-corrected chi connectivity index (χ0v) is 18.3. The van der Waals surface area contributed by atoms with Crippen LogP contribution in [0.2, 0.25) is 0 Å². The van der Waals surface area contributed by atoms with Gasteiger partial charge in [-0.3, -0.25) is 4.79 Å². The highest BCUT2D eigenvalue weighted by Crippen LogP contribution is 2.32. The smallest absolute Gasteiger partial charge is 0.342 e. The molecule has 1 aromatic rings. The number of aliphatic hydroxyl groups excluding tert-OH is 1. The standard InChI is InChI=1S/C25H31NO6/c1-2-3-4-5-11-23(29)26-12-7-9-19-16-21-15-18(27)14-20(31-21)13-17-8-6-10-22(28)24(17)25(30)32-19/h3-8,10-12,18-21,27-28H,2,9,13-16H2,1H3,(H,26,29)/b4-3+,11-5-,12-7+/t18-,19?,20+,21-/m1/s1. The minimum Gasteiger partial charge on any atom is -0.507 e. The lowest BCUT2D eigenvalue weighted by atomic mass is 9.91. The summed E-state index contributed by atoms with van der Waals surface area (Å²) in [5.74, 6) is -0.969. The van der Waals surface area contributed by atoms with Gasteiger partial charge in [-0.1, -0.05) is 43.4 Å². The molecule has 2 bridgehead atoms. The van der Waals surface area contributed by atoms with Crippen molar-refractivity contribution >= 4 is 11.9 Å². The number of cyclic esters (lactones) is 1. The van der Waals surface area contributed by atoms with Crippen LogP contribution in [0.1, 0.15) is 54.9 Å². The van der Waals surface area contributed by atoms with Crippen molar-refractivity contribution in [3.63, 3.8) is 0 Å². The Morgan fingerprint density at radius 3 is 2.81 bits per heavy atom. The maximum atomic E-state index is 12.9. The molecule has 1 saturated heterocycles. The molecule has 7 nitrogen and oxygen atoms in total. The van der Waals surface area contributed by atoms with Crippen molar-refractivity contribution < 1.29 is 29.3 Å².